The molecule has 2 heteroatoms. The molecule has 0 radical (unpaired) electrons. The van der Waals surface area contributed by atoms with Crippen molar-refractivity contribution in [2.45, 2.75) is 38.5 Å². The van der Waals surface area contributed by atoms with Gasteiger partial charge in [-0.3, -0.25) is 0 Å². The van der Waals surface area contributed by atoms with E-state index in [1.165, 1.54) is 37.9 Å². The Bertz CT molecular complexity index is 245. The van der Waals surface area contributed by atoms with Crippen molar-refractivity contribution in [1.82, 2.24) is 0 Å². The van der Waals surface area contributed by atoms with Gasteiger partial charge < -0.3 is 0 Å². The van der Waals surface area contributed by atoms with E-state index in [9.17, 15) is 5.26 Å². The van der Waals surface area contributed by atoms with Gasteiger partial charge in [0.15, 0.2) is 0 Å². The summed E-state index contributed by atoms with van der Waals surface area (Å²) < 4.78 is 0. The Kier molecular flexibility index (Phi) is 3.07. The van der Waals surface area contributed by atoms with Gasteiger partial charge in [-0.25, -0.2) is 0 Å². The quantitative estimate of drug-likeness (QED) is 0.662. The average molecular weight is 209 g/mol. The van der Waals surface area contributed by atoms with Crippen LogP contribution in [0.5, 0.6) is 0 Å². The molecule has 2 saturated carbocycles. The van der Waals surface area contributed by atoms with E-state index in [4.69, 9.17) is 0 Å². The SMILES string of the molecule is CSCCCC1(C#N)CC2CCC1C2. The summed E-state index contributed by atoms with van der Waals surface area (Å²) in [4.78, 5) is 0. The summed E-state index contributed by atoms with van der Waals surface area (Å²) in [6.45, 7) is 0. The molecule has 3 atom stereocenters. The molecule has 2 bridgehead atoms. The lowest BCUT2D eigenvalue weighted by molar-refractivity contribution is 0.222. The van der Waals surface area contributed by atoms with Gasteiger partial charge in [0, 0.05) is 0 Å². The fraction of sp³-hybridized carbons (Fsp3) is 0.917. The molecular weight excluding hydrogens is 190 g/mol. The summed E-state index contributed by atoms with van der Waals surface area (Å²) in [5.74, 6) is 2.87. The van der Waals surface area contributed by atoms with Gasteiger partial charge in [-0.2, -0.15) is 17.0 Å². The summed E-state index contributed by atoms with van der Waals surface area (Å²) in [5, 5.41) is 9.38. The first-order valence-corrected chi connectivity index (χ1v) is 7.10. The van der Waals surface area contributed by atoms with E-state index in [-0.39, 0.29) is 5.41 Å². The maximum absolute atomic E-state index is 9.38. The lowest BCUT2D eigenvalue weighted by Gasteiger charge is -2.30. The van der Waals surface area contributed by atoms with E-state index < -0.39 is 0 Å². The van der Waals surface area contributed by atoms with Crippen molar-refractivity contribution < 1.29 is 0 Å². The molecule has 2 fully saturated rings. The zero-order valence-corrected chi connectivity index (χ0v) is 9.78. The summed E-state index contributed by atoms with van der Waals surface area (Å²) in [6, 6.07) is 2.66. The van der Waals surface area contributed by atoms with Crippen LogP contribution in [0.1, 0.15) is 38.5 Å². The van der Waals surface area contributed by atoms with E-state index >= 15 is 0 Å². The van der Waals surface area contributed by atoms with Crippen LogP contribution in [0.15, 0.2) is 0 Å². The van der Waals surface area contributed by atoms with E-state index in [0.29, 0.717) is 0 Å². The summed E-state index contributed by atoms with van der Waals surface area (Å²) in [7, 11) is 0. The zero-order chi connectivity index (χ0) is 10.0. The Morgan fingerprint density at radius 2 is 2.36 bits per heavy atom. The first kappa shape index (κ1) is 10.4. The Labute approximate surface area is 91.3 Å². The molecule has 1 nitrogen and oxygen atoms in total. The molecule has 0 aromatic heterocycles. The third-order valence-electron chi connectivity index (χ3n) is 4.17. The molecule has 0 heterocycles. The monoisotopic (exact) mass is 209 g/mol. The summed E-state index contributed by atoms with van der Waals surface area (Å²) in [5.41, 5.74) is 0.0959. The van der Waals surface area contributed by atoms with Gasteiger partial charge in [-0.05, 0) is 55.9 Å². The van der Waals surface area contributed by atoms with Crippen LogP contribution in [0, 0.1) is 28.6 Å². The molecule has 2 aliphatic rings. The Morgan fingerprint density at radius 1 is 1.50 bits per heavy atom. The van der Waals surface area contributed by atoms with Crippen LogP contribution in [-0.4, -0.2) is 12.0 Å². The number of fused-ring (bicyclic) bond motifs is 2. The minimum absolute atomic E-state index is 0.0959. The van der Waals surface area contributed by atoms with Gasteiger partial charge in [0.2, 0.25) is 0 Å². The van der Waals surface area contributed by atoms with Crippen molar-refractivity contribution in [1.29, 1.82) is 5.26 Å². The number of hydrogen-bond donors (Lipinski definition) is 0. The van der Waals surface area contributed by atoms with Gasteiger partial charge >= 0.3 is 0 Å². The lowest BCUT2D eigenvalue weighted by atomic mass is 9.71. The first-order valence-electron chi connectivity index (χ1n) is 5.71. The highest BCUT2D eigenvalue weighted by Gasteiger charge is 2.50. The van der Waals surface area contributed by atoms with Crippen LogP contribution in [0.25, 0.3) is 0 Å². The second-order valence-electron chi connectivity index (χ2n) is 4.94. The topological polar surface area (TPSA) is 23.8 Å². The number of thioether (sulfide) groups is 1. The molecule has 0 amide bonds. The molecular formula is C12H19NS. The van der Waals surface area contributed by atoms with Crippen molar-refractivity contribution in [2.24, 2.45) is 17.3 Å². The van der Waals surface area contributed by atoms with E-state index in [2.05, 4.69) is 12.3 Å². The highest BCUT2D eigenvalue weighted by molar-refractivity contribution is 7.98. The lowest BCUT2D eigenvalue weighted by Crippen LogP contribution is -2.26. The molecule has 0 N–H and O–H groups in total. The van der Waals surface area contributed by atoms with Crippen molar-refractivity contribution in [2.75, 3.05) is 12.0 Å². The maximum Gasteiger partial charge on any atom is 0.0692 e. The highest BCUT2D eigenvalue weighted by atomic mass is 32.2. The first-order chi connectivity index (χ1) is 6.80. The summed E-state index contributed by atoms with van der Waals surface area (Å²) in [6.07, 6.45) is 9.84. The normalized spacial score (nSPS) is 40.0. The molecule has 0 aromatic carbocycles. The predicted molar refractivity (Wildman–Crippen MR) is 61.1 cm³/mol. The van der Waals surface area contributed by atoms with Crippen LogP contribution in [-0.2, 0) is 0 Å². The molecule has 2 rings (SSSR count). The molecule has 14 heavy (non-hydrogen) atoms. The fourth-order valence-electron chi connectivity index (χ4n) is 3.48. The number of rotatable bonds is 4. The van der Waals surface area contributed by atoms with Crippen molar-refractivity contribution in [3.05, 3.63) is 0 Å². The molecule has 0 aliphatic heterocycles. The predicted octanol–water partition coefficient (Wildman–Crippen LogP) is 3.46. The van der Waals surface area contributed by atoms with Gasteiger partial charge in [0.25, 0.3) is 0 Å². The molecule has 0 spiro atoms. The second kappa shape index (κ2) is 4.14. The standard InChI is InChI=1S/C12H19NS/c1-14-6-2-5-12(9-13)8-10-3-4-11(12)7-10/h10-11H,2-8H2,1H3. The second-order valence-corrected chi connectivity index (χ2v) is 5.93. The number of nitrogens with zero attached hydrogens (tertiary/aromatic N) is 1. The minimum atomic E-state index is 0.0959. The van der Waals surface area contributed by atoms with Gasteiger partial charge in [-0.15, -0.1) is 0 Å². The number of nitriles is 1. The van der Waals surface area contributed by atoms with Gasteiger partial charge in [0.1, 0.15) is 0 Å². The number of hydrogen-bond acceptors (Lipinski definition) is 2. The smallest absolute Gasteiger partial charge is 0.0692 e. The third-order valence-corrected chi connectivity index (χ3v) is 4.87. The average Bonchev–Trinajstić information content (AvgIpc) is 2.78. The van der Waals surface area contributed by atoms with Crippen LogP contribution < -0.4 is 0 Å². The van der Waals surface area contributed by atoms with Crippen molar-refractivity contribution in [3.63, 3.8) is 0 Å². The Morgan fingerprint density at radius 3 is 2.86 bits per heavy atom. The third kappa shape index (κ3) is 1.67. The minimum Gasteiger partial charge on any atom is -0.198 e. The maximum atomic E-state index is 9.38. The summed E-state index contributed by atoms with van der Waals surface area (Å²) >= 11 is 1.90. The highest BCUT2D eigenvalue weighted by Crippen LogP contribution is 2.57. The van der Waals surface area contributed by atoms with E-state index in [1.807, 2.05) is 11.8 Å². The van der Waals surface area contributed by atoms with Crippen molar-refractivity contribution >= 4 is 11.8 Å². The Balaban J connectivity index is 1.95. The fourth-order valence-corrected chi connectivity index (χ4v) is 3.91. The molecule has 2 aliphatic carbocycles. The van der Waals surface area contributed by atoms with Crippen LogP contribution in [0.2, 0.25) is 0 Å². The van der Waals surface area contributed by atoms with Gasteiger partial charge in [-0.1, -0.05) is 6.42 Å². The van der Waals surface area contributed by atoms with Crippen LogP contribution in [0.3, 0.4) is 0 Å². The molecule has 0 saturated heterocycles. The molecule has 3 unspecified atom stereocenters. The van der Waals surface area contributed by atoms with Crippen LogP contribution in [0.4, 0.5) is 0 Å². The zero-order valence-electron chi connectivity index (χ0n) is 8.96. The van der Waals surface area contributed by atoms with E-state index in [1.54, 1.807) is 0 Å². The Hall–Kier alpha value is -0.160. The largest absolute Gasteiger partial charge is 0.198 e. The van der Waals surface area contributed by atoms with Gasteiger partial charge in [0.05, 0.1) is 11.5 Å². The van der Waals surface area contributed by atoms with Crippen molar-refractivity contribution in [3.8, 4) is 6.07 Å². The van der Waals surface area contributed by atoms with Crippen LogP contribution >= 0.6 is 11.8 Å². The van der Waals surface area contributed by atoms with E-state index in [0.717, 1.165) is 18.3 Å². The molecule has 0 aromatic rings. The molecule has 78 valence electrons.